The molecule has 0 N–H and O–H groups in total. The highest BCUT2D eigenvalue weighted by molar-refractivity contribution is 7.90. The molecule has 1 fully saturated rings. The van der Waals surface area contributed by atoms with Gasteiger partial charge in [-0.15, -0.1) is 0 Å². The Bertz CT molecular complexity index is 783. The van der Waals surface area contributed by atoms with E-state index in [2.05, 4.69) is 41.1 Å². The normalized spacial score (nSPS) is 18.8. The number of benzene rings is 1. The average molecular weight is 344 g/mol. The number of hydrogen-bond acceptors (Lipinski definition) is 4. The van der Waals surface area contributed by atoms with E-state index in [0.717, 1.165) is 24.2 Å². The molecule has 2 aromatic rings. The Labute approximate surface area is 144 Å². The van der Waals surface area contributed by atoms with Crippen LogP contribution in [0.25, 0.3) is 11.3 Å². The summed E-state index contributed by atoms with van der Waals surface area (Å²) >= 11 is 0. The lowest BCUT2D eigenvalue weighted by molar-refractivity contribution is 0.272. The molecule has 0 aliphatic carbocycles. The molecule has 1 unspecified atom stereocenters. The van der Waals surface area contributed by atoms with Crippen LogP contribution in [-0.4, -0.2) is 43.7 Å². The predicted molar refractivity (Wildman–Crippen MR) is 96.8 cm³/mol. The van der Waals surface area contributed by atoms with Crippen LogP contribution in [0.15, 0.2) is 47.5 Å². The van der Waals surface area contributed by atoms with Crippen molar-refractivity contribution in [2.45, 2.75) is 37.1 Å². The average Bonchev–Trinajstić information content (AvgIpc) is 2.98. The molecule has 5 heteroatoms. The Hall–Kier alpha value is -1.72. The second kappa shape index (κ2) is 7.03. The predicted octanol–water partition coefficient (Wildman–Crippen LogP) is 3.18. The minimum Gasteiger partial charge on any atom is -0.300 e. The second-order valence-electron chi connectivity index (χ2n) is 6.63. The number of rotatable bonds is 5. The molecule has 2 heterocycles. The van der Waals surface area contributed by atoms with Crippen molar-refractivity contribution in [3.05, 3.63) is 48.2 Å². The fraction of sp³-hybridized carbons (Fsp3) is 0.421. The summed E-state index contributed by atoms with van der Waals surface area (Å²) in [5.74, 6) is 0. The standard InChI is InChI=1S/C19H24N2O2S/c1-15-4-3-12-21(15)13-11-16-5-7-17(8-6-16)19-10-9-18(14-20-19)24(2,22)23/h5-10,14-15H,3-4,11-13H2,1-2H3. The molecule has 1 aliphatic heterocycles. The molecule has 1 aliphatic rings. The van der Waals surface area contributed by atoms with Gasteiger partial charge in [-0.25, -0.2) is 8.42 Å². The fourth-order valence-electron chi connectivity index (χ4n) is 3.21. The lowest BCUT2D eigenvalue weighted by Gasteiger charge is -2.20. The Morgan fingerprint density at radius 1 is 1.17 bits per heavy atom. The van der Waals surface area contributed by atoms with E-state index in [-0.39, 0.29) is 4.90 Å². The Morgan fingerprint density at radius 3 is 2.46 bits per heavy atom. The Balaban J connectivity index is 1.65. The number of aromatic nitrogens is 1. The summed E-state index contributed by atoms with van der Waals surface area (Å²) in [6.07, 6.45) is 6.31. The third-order valence-corrected chi connectivity index (χ3v) is 5.89. The van der Waals surface area contributed by atoms with Gasteiger partial charge in [0.15, 0.2) is 9.84 Å². The highest BCUT2D eigenvalue weighted by Crippen LogP contribution is 2.20. The van der Waals surface area contributed by atoms with Crippen molar-refractivity contribution < 1.29 is 8.42 Å². The first-order chi connectivity index (χ1) is 11.4. The van der Waals surface area contributed by atoms with Crippen molar-refractivity contribution in [3.63, 3.8) is 0 Å². The van der Waals surface area contributed by atoms with Crippen molar-refractivity contribution in [1.29, 1.82) is 0 Å². The van der Waals surface area contributed by atoms with Gasteiger partial charge < -0.3 is 4.90 Å². The fourth-order valence-corrected chi connectivity index (χ4v) is 3.77. The first kappa shape index (κ1) is 17.1. The maximum Gasteiger partial charge on any atom is 0.177 e. The van der Waals surface area contributed by atoms with Gasteiger partial charge in [0.2, 0.25) is 0 Å². The maximum atomic E-state index is 11.5. The van der Waals surface area contributed by atoms with E-state index < -0.39 is 9.84 Å². The molecule has 0 amide bonds. The number of nitrogens with zero attached hydrogens (tertiary/aromatic N) is 2. The van der Waals surface area contributed by atoms with Crippen LogP contribution in [0.1, 0.15) is 25.3 Å². The lowest BCUT2D eigenvalue weighted by atomic mass is 10.1. The molecule has 128 valence electrons. The van der Waals surface area contributed by atoms with Crippen LogP contribution in [0, 0.1) is 0 Å². The molecule has 1 aromatic heterocycles. The molecule has 24 heavy (non-hydrogen) atoms. The van der Waals surface area contributed by atoms with Gasteiger partial charge in [0, 0.05) is 30.6 Å². The van der Waals surface area contributed by atoms with Gasteiger partial charge in [-0.3, -0.25) is 4.98 Å². The number of sulfone groups is 1. The highest BCUT2D eigenvalue weighted by atomic mass is 32.2. The second-order valence-corrected chi connectivity index (χ2v) is 8.64. The van der Waals surface area contributed by atoms with Crippen LogP contribution in [0.4, 0.5) is 0 Å². The van der Waals surface area contributed by atoms with E-state index in [0.29, 0.717) is 6.04 Å². The third kappa shape index (κ3) is 4.02. The molecule has 1 aromatic carbocycles. The summed E-state index contributed by atoms with van der Waals surface area (Å²) in [5.41, 5.74) is 3.13. The van der Waals surface area contributed by atoms with Gasteiger partial charge in [-0.2, -0.15) is 0 Å². The summed E-state index contributed by atoms with van der Waals surface area (Å²) in [6, 6.07) is 12.5. The molecular formula is C19H24N2O2S. The van der Waals surface area contributed by atoms with Gasteiger partial charge in [0.05, 0.1) is 10.6 Å². The van der Waals surface area contributed by atoms with E-state index >= 15 is 0 Å². The van der Waals surface area contributed by atoms with Crippen molar-refractivity contribution in [2.24, 2.45) is 0 Å². The summed E-state index contributed by atoms with van der Waals surface area (Å²) in [5, 5.41) is 0. The zero-order valence-electron chi connectivity index (χ0n) is 14.3. The SMILES string of the molecule is CC1CCCN1CCc1ccc(-c2ccc(S(C)(=O)=O)cn2)cc1. The molecule has 3 rings (SSSR count). The van der Waals surface area contributed by atoms with Crippen molar-refractivity contribution in [2.75, 3.05) is 19.3 Å². The molecule has 0 spiro atoms. The van der Waals surface area contributed by atoms with Crippen LogP contribution < -0.4 is 0 Å². The summed E-state index contributed by atoms with van der Waals surface area (Å²) < 4.78 is 23.0. The highest BCUT2D eigenvalue weighted by Gasteiger charge is 2.19. The van der Waals surface area contributed by atoms with E-state index in [1.807, 2.05) is 0 Å². The van der Waals surface area contributed by atoms with E-state index in [4.69, 9.17) is 0 Å². The number of likely N-dealkylation sites (tertiary alicyclic amines) is 1. The minimum atomic E-state index is -3.20. The van der Waals surface area contributed by atoms with Crippen molar-refractivity contribution in [3.8, 4) is 11.3 Å². The molecule has 0 bridgehead atoms. The largest absolute Gasteiger partial charge is 0.300 e. The first-order valence-corrected chi connectivity index (χ1v) is 10.3. The van der Waals surface area contributed by atoms with E-state index in [1.54, 1.807) is 12.1 Å². The van der Waals surface area contributed by atoms with Crippen LogP contribution in [-0.2, 0) is 16.3 Å². The molecule has 4 nitrogen and oxygen atoms in total. The number of pyridine rings is 1. The van der Waals surface area contributed by atoms with Gasteiger partial charge in [-0.05, 0) is 50.4 Å². The van der Waals surface area contributed by atoms with Gasteiger partial charge >= 0.3 is 0 Å². The quantitative estimate of drug-likeness (QED) is 0.836. The molecular weight excluding hydrogens is 320 g/mol. The molecule has 1 saturated heterocycles. The third-order valence-electron chi connectivity index (χ3n) is 4.79. The minimum absolute atomic E-state index is 0.252. The topological polar surface area (TPSA) is 50.3 Å². The van der Waals surface area contributed by atoms with Crippen molar-refractivity contribution >= 4 is 9.84 Å². The zero-order valence-corrected chi connectivity index (χ0v) is 15.1. The summed E-state index contributed by atoms with van der Waals surface area (Å²) in [7, 11) is -3.20. The maximum absolute atomic E-state index is 11.5. The van der Waals surface area contributed by atoms with Crippen LogP contribution in [0.2, 0.25) is 0 Å². The molecule has 0 radical (unpaired) electrons. The Morgan fingerprint density at radius 2 is 1.92 bits per heavy atom. The van der Waals surface area contributed by atoms with Crippen LogP contribution >= 0.6 is 0 Å². The summed E-state index contributed by atoms with van der Waals surface area (Å²) in [6.45, 7) is 4.64. The number of hydrogen-bond donors (Lipinski definition) is 0. The zero-order chi connectivity index (χ0) is 17.2. The van der Waals surface area contributed by atoms with Gasteiger partial charge in [-0.1, -0.05) is 24.3 Å². The van der Waals surface area contributed by atoms with Gasteiger partial charge in [0.25, 0.3) is 0 Å². The van der Waals surface area contributed by atoms with Crippen LogP contribution in [0.5, 0.6) is 0 Å². The van der Waals surface area contributed by atoms with E-state index in [9.17, 15) is 8.42 Å². The van der Waals surface area contributed by atoms with Gasteiger partial charge in [0.1, 0.15) is 0 Å². The van der Waals surface area contributed by atoms with Crippen LogP contribution in [0.3, 0.4) is 0 Å². The van der Waals surface area contributed by atoms with Crippen molar-refractivity contribution in [1.82, 2.24) is 9.88 Å². The first-order valence-electron chi connectivity index (χ1n) is 8.43. The Kier molecular flexibility index (Phi) is 5.01. The monoisotopic (exact) mass is 344 g/mol. The molecule has 0 saturated carbocycles. The van der Waals surface area contributed by atoms with E-state index in [1.165, 1.54) is 37.4 Å². The smallest absolute Gasteiger partial charge is 0.177 e. The molecule has 1 atom stereocenters. The summed E-state index contributed by atoms with van der Waals surface area (Å²) in [4.78, 5) is 7.08. The lowest BCUT2D eigenvalue weighted by Crippen LogP contribution is -2.28.